The van der Waals surface area contributed by atoms with Gasteiger partial charge in [-0.15, -0.1) is 10.2 Å². The summed E-state index contributed by atoms with van der Waals surface area (Å²) in [6.45, 7) is 6.92. The number of carbonyl (C=O) groups is 2. The predicted molar refractivity (Wildman–Crippen MR) is 98.9 cm³/mol. The quantitative estimate of drug-likeness (QED) is 0.423. The first-order valence-corrected chi connectivity index (χ1v) is 9.39. The SMILES string of the molecule is CCn1c(CCCNC(C)=O)nnc1SCC(=O)c1ccc(C)cc1. The monoisotopic (exact) mass is 360 g/mol. The fraction of sp³-hybridized carbons (Fsp3) is 0.444. The van der Waals surface area contributed by atoms with Crippen LogP contribution in [0.2, 0.25) is 0 Å². The Balaban J connectivity index is 1.92. The Kier molecular flexibility index (Phi) is 7.18. The van der Waals surface area contributed by atoms with E-state index in [0.717, 1.165) is 41.5 Å². The number of thioether (sulfide) groups is 1. The molecule has 2 rings (SSSR count). The highest BCUT2D eigenvalue weighted by atomic mass is 32.2. The van der Waals surface area contributed by atoms with E-state index < -0.39 is 0 Å². The van der Waals surface area contributed by atoms with E-state index in [-0.39, 0.29) is 11.7 Å². The summed E-state index contributed by atoms with van der Waals surface area (Å²) in [7, 11) is 0. The lowest BCUT2D eigenvalue weighted by atomic mass is 10.1. The van der Waals surface area contributed by atoms with Gasteiger partial charge >= 0.3 is 0 Å². The van der Waals surface area contributed by atoms with E-state index >= 15 is 0 Å². The van der Waals surface area contributed by atoms with Crippen LogP contribution in [0.3, 0.4) is 0 Å². The highest BCUT2D eigenvalue weighted by Crippen LogP contribution is 2.19. The molecule has 0 saturated heterocycles. The number of benzene rings is 1. The van der Waals surface area contributed by atoms with Crippen molar-refractivity contribution in [3.05, 3.63) is 41.2 Å². The van der Waals surface area contributed by atoms with E-state index in [1.54, 1.807) is 0 Å². The third kappa shape index (κ3) is 5.70. The summed E-state index contributed by atoms with van der Waals surface area (Å²) in [6.07, 6.45) is 1.55. The van der Waals surface area contributed by atoms with Gasteiger partial charge in [-0.25, -0.2) is 0 Å². The Bertz CT molecular complexity index is 725. The van der Waals surface area contributed by atoms with Crippen LogP contribution in [0.15, 0.2) is 29.4 Å². The van der Waals surface area contributed by atoms with Crippen LogP contribution in [0.25, 0.3) is 0 Å². The van der Waals surface area contributed by atoms with Crippen molar-refractivity contribution < 1.29 is 9.59 Å². The average molecular weight is 360 g/mol. The van der Waals surface area contributed by atoms with Crippen molar-refractivity contribution in [2.45, 2.75) is 45.3 Å². The van der Waals surface area contributed by atoms with Crippen LogP contribution in [-0.4, -0.2) is 38.8 Å². The molecular weight excluding hydrogens is 336 g/mol. The highest BCUT2D eigenvalue weighted by Gasteiger charge is 2.14. The van der Waals surface area contributed by atoms with Crippen molar-refractivity contribution in [3.63, 3.8) is 0 Å². The molecule has 0 fully saturated rings. The Morgan fingerprint density at radius 3 is 2.56 bits per heavy atom. The van der Waals surface area contributed by atoms with E-state index in [1.165, 1.54) is 18.7 Å². The molecule has 0 bridgehead atoms. The second-order valence-corrected chi connectivity index (χ2v) is 6.75. The summed E-state index contributed by atoms with van der Waals surface area (Å²) >= 11 is 1.41. The number of nitrogens with zero attached hydrogens (tertiary/aromatic N) is 3. The molecule has 0 aliphatic heterocycles. The molecule has 0 saturated carbocycles. The normalized spacial score (nSPS) is 10.7. The highest BCUT2D eigenvalue weighted by molar-refractivity contribution is 7.99. The number of Topliss-reactive ketones (excluding diaryl/α,β-unsaturated/α-hetero) is 1. The molecule has 1 aromatic carbocycles. The van der Waals surface area contributed by atoms with Gasteiger partial charge in [-0.05, 0) is 20.3 Å². The second kappa shape index (κ2) is 9.36. The predicted octanol–water partition coefficient (Wildman–Crippen LogP) is 2.65. The van der Waals surface area contributed by atoms with Gasteiger partial charge in [-0.3, -0.25) is 9.59 Å². The fourth-order valence-electron chi connectivity index (χ4n) is 2.39. The number of ketones is 1. The molecular formula is C18H24N4O2S. The first-order chi connectivity index (χ1) is 12.0. The molecule has 0 radical (unpaired) electrons. The molecule has 1 N–H and O–H groups in total. The third-order valence-electron chi connectivity index (χ3n) is 3.77. The van der Waals surface area contributed by atoms with Crippen molar-refractivity contribution in [1.82, 2.24) is 20.1 Å². The summed E-state index contributed by atoms with van der Waals surface area (Å²) in [5, 5.41) is 12.0. The maximum absolute atomic E-state index is 12.3. The minimum Gasteiger partial charge on any atom is -0.356 e. The number of nitrogens with one attached hydrogen (secondary N) is 1. The summed E-state index contributed by atoms with van der Waals surface area (Å²) in [5.41, 5.74) is 1.86. The average Bonchev–Trinajstić information content (AvgIpc) is 2.99. The number of amides is 1. The summed E-state index contributed by atoms with van der Waals surface area (Å²) in [5.74, 6) is 1.29. The van der Waals surface area contributed by atoms with Gasteiger partial charge in [-0.2, -0.15) is 0 Å². The molecule has 1 heterocycles. The van der Waals surface area contributed by atoms with E-state index in [1.807, 2.05) is 42.7 Å². The van der Waals surface area contributed by atoms with Crippen molar-refractivity contribution in [3.8, 4) is 0 Å². The number of rotatable bonds is 9. The van der Waals surface area contributed by atoms with Gasteiger partial charge in [-0.1, -0.05) is 41.6 Å². The van der Waals surface area contributed by atoms with Crippen LogP contribution < -0.4 is 5.32 Å². The molecule has 0 aliphatic rings. The molecule has 0 atom stereocenters. The fourth-order valence-corrected chi connectivity index (χ4v) is 3.31. The lowest BCUT2D eigenvalue weighted by Crippen LogP contribution is -2.21. The van der Waals surface area contributed by atoms with Gasteiger partial charge < -0.3 is 9.88 Å². The van der Waals surface area contributed by atoms with Gasteiger partial charge in [0.1, 0.15) is 5.82 Å². The Morgan fingerprint density at radius 1 is 1.20 bits per heavy atom. The van der Waals surface area contributed by atoms with E-state index in [0.29, 0.717) is 12.3 Å². The lowest BCUT2D eigenvalue weighted by molar-refractivity contribution is -0.118. The molecule has 0 aliphatic carbocycles. The molecule has 0 spiro atoms. The van der Waals surface area contributed by atoms with E-state index in [9.17, 15) is 9.59 Å². The lowest BCUT2D eigenvalue weighted by Gasteiger charge is -2.07. The second-order valence-electron chi connectivity index (χ2n) is 5.81. The van der Waals surface area contributed by atoms with Gasteiger partial charge in [0.25, 0.3) is 0 Å². The zero-order valence-electron chi connectivity index (χ0n) is 14.9. The first-order valence-electron chi connectivity index (χ1n) is 8.40. The van der Waals surface area contributed by atoms with Crippen molar-refractivity contribution in [2.24, 2.45) is 0 Å². The first kappa shape index (κ1) is 19.2. The minimum atomic E-state index is -0.0252. The van der Waals surface area contributed by atoms with Gasteiger partial charge in [0.15, 0.2) is 10.9 Å². The molecule has 6 nitrogen and oxygen atoms in total. The zero-order chi connectivity index (χ0) is 18.2. The van der Waals surface area contributed by atoms with Gasteiger partial charge in [0, 0.05) is 32.0 Å². The van der Waals surface area contributed by atoms with E-state index in [2.05, 4.69) is 15.5 Å². The van der Waals surface area contributed by atoms with Crippen LogP contribution in [0.1, 0.15) is 42.0 Å². The Morgan fingerprint density at radius 2 is 1.92 bits per heavy atom. The molecule has 2 aromatic rings. The third-order valence-corrected chi connectivity index (χ3v) is 4.73. The number of aryl methyl sites for hydroxylation is 2. The van der Waals surface area contributed by atoms with Gasteiger partial charge in [0.05, 0.1) is 5.75 Å². The van der Waals surface area contributed by atoms with Crippen molar-refractivity contribution in [1.29, 1.82) is 0 Å². The molecule has 134 valence electrons. The number of hydrogen-bond donors (Lipinski definition) is 1. The van der Waals surface area contributed by atoms with Gasteiger partial charge in [0.2, 0.25) is 5.91 Å². The molecule has 25 heavy (non-hydrogen) atoms. The van der Waals surface area contributed by atoms with Crippen LogP contribution in [0.5, 0.6) is 0 Å². The number of hydrogen-bond acceptors (Lipinski definition) is 5. The molecule has 1 amide bonds. The zero-order valence-corrected chi connectivity index (χ0v) is 15.7. The maximum atomic E-state index is 12.3. The molecule has 7 heteroatoms. The standard InChI is InChI=1S/C18H24N4O2S/c1-4-22-17(6-5-11-19-14(3)23)20-21-18(22)25-12-16(24)15-9-7-13(2)8-10-15/h7-10H,4-6,11-12H2,1-3H3,(H,19,23). The molecule has 0 unspecified atom stereocenters. The van der Waals surface area contributed by atoms with Crippen molar-refractivity contribution in [2.75, 3.05) is 12.3 Å². The number of aromatic nitrogens is 3. The Labute approximate surface area is 152 Å². The summed E-state index contributed by atoms with van der Waals surface area (Å²) in [6, 6.07) is 7.60. The van der Waals surface area contributed by atoms with Crippen LogP contribution >= 0.6 is 11.8 Å². The topological polar surface area (TPSA) is 76.9 Å². The Hall–Kier alpha value is -2.15. The summed E-state index contributed by atoms with van der Waals surface area (Å²) < 4.78 is 2.03. The minimum absolute atomic E-state index is 0.0252. The molecule has 1 aromatic heterocycles. The van der Waals surface area contributed by atoms with Crippen molar-refractivity contribution >= 4 is 23.5 Å². The van der Waals surface area contributed by atoms with E-state index in [4.69, 9.17) is 0 Å². The maximum Gasteiger partial charge on any atom is 0.216 e. The number of carbonyl (C=O) groups excluding carboxylic acids is 2. The van der Waals surface area contributed by atoms with Crippen LogP contribution in [-0.2, 0) is 17.8 Å². The smallest absolute Gasteiger partial charge is 0.216 e. The largest absolute Gasteiger partial charge is 0.356 e. The van der Waals surface area contributed by atoms with Crippen LogP contribution in [0, 0.1) is 6.92 Å². The van der Waals surface area contributed by atoms with Crippen LogP contribution in [0.4, 0.5) is 0 Å². The summed E-state index contributed by atoms with van der Waals surface area (Å²) in [4.78, 5) is 23.2.